The lowest BCUT2D eigenvalue weighted by molar-refractivity contribution is -0.117. The molecule has 2 rings (SSSR count). The van der Waals surface area contributed by atoms with Gasteiger partial charge in [0.05, 0.1) is 18.8 Å². The van der Waals surface area contributed by atoms with Crippen molar-refractivity contribution in [2.45, 2.75) is 39.3 Å². The van der Waals surface area contributed by atoms with E-state index in [-0.39, 0.29) is 5.91 Å². The standard InChI is InChI=1S/C17H24N4O2/c1-4-9-21-16(10-12(2)20-21)19-17(22)15(18)11-13-5-7-14(23-3)8-6-13/h5-8,10,15H,4,9,11,18H2,1-3H3,(H,19,22)/t15-/m0/s1. The lowest BCUT2D eigenvalue weighted by Crippen LogP contribution is -2.38. The molecular weight excluding hydrogens is 292 g/mol. The van der Waals surface area contributed by atoms with Crippen molar-refractivity contribution in [3.63, 3.8) is 0 Å². The Kier molecular flexibility index (Phi) is 5.76. The van der Waals surface area contributed by atoms with Gasteiger partial charge in [0.2, 0.25) is 5.91 Å². The topological polar surface area (TPSA) is 82.2 Å². The second-order valence-corrected chi connectivity index (χ2v) is 5.54. The van der Waals surface area contributed by atoms with Gasteiger partial charge in [-0.3, -0.25) is 4.79 Å². The number of nitrogens with one attached hydrogen (secondary N) is 1. The molecule has 2 aromatic rings. The van der Waals surface area contributed by atoms with Gasteiger partial charge in [0, 0.05) is 12.6 Å². The first-order valence-electron chi connectivity index (χ1n) is 7.77. The molecule has 1 aromatic carbocycles. The Morgan fingerprint density at radius 2 is 2.09 bits per heavy atom. The highest BCUT2D eigenvalue weighted by Crippen LogP contribution is 2.14. The van der Waals surface area contributed by atoms with E-state index in [0.717, 1.165) is 30.0 Å². The molecule has 1 heterocycles. The molecule has 0 spiro atoms. The SMILES string of the molecule is CCCn1nc(C)cc1NC(=O)[C@@H](N)Cc1ccc(OC)cc1. The first-order chi connectivity index (χ1) is 11.0. The summed E-state index contributed by atoms with van der Waals surface area (Å²) >= 11 is 0. The van der Waals surface area contributed by atoms with Crippen LogP contribution in [0.25, 0.3) is 0 Å². The minimum absolute atomic E-state index is 0.210. The number of hydrogen-bond acceptors (Lipinski definition) is 4. The number of rotatable bonds is 7. The molecule has 23 heavy (non-hydrogen) atoms. The van der Waals surface area contributed by atoms with Crippen LogP contribution in [0.15, 0.2) is 30.3 Å². The van der Waals surface area contributed by atoms with Gasteiger partial charge in [-0.25, -0.2) is 4.68 Å². The van der Waals surface area contributed by atoms with Gasteiger partial charge in [0.15, 0.2) is 0 Å². The Bertz CT molecular complexity index is 649. The zero-order valence-corrected chi connectivity index (χ0v) is 13.9. The van der Waals surface area contributed by atoms with Gasteiger partial charge in [-0.05, 0) is 37.5 Å². The molecule has 0 aliphatic heterocycles. The Morgan fingerprint density at radius 3 is 2.70 bits per heavy atom. The van der Waals surface area contributed by atoms with E-state index in [0.29, 0.717) is 12.2 Å². The van der Waals surface area contributed by atoms with Crippen molar-refractivity contribution in [2.24, 2.45) is 5.73 Å². The number of amides is 1. The fourth-order valence-corrected chi connectivity index (χ4v) is 2.36. The van der Waals surface area contributed by atoms with Crippen LogP contribution in [0, 0.1) is 6.92 Å². The normalized spacial score (nSPS) is 12.0. The molecule has 0 radical (unpaired) electrons. The monoisotopic (exact) mass is 316 g/mol. The van der Waals surface area contributed by atoms with E-state index in [1.807, 2.05) is 37.3 Å². The molecule has 3 N–H and O–H groups in total. The summed E-state index contributed by atoms with van der Waals surface area (Å²) in [6.45, 7) is 4.73. The van der Waals surface area contributed by atoms with Crippen molar-refractivity contribution in [2.75, 3.05) is 12.4 Å². The molecule has 0 saturated heterocycles. The van der Waals surface area contributed by atoms with Crippen LogP contribution in [0.4, 0.5) is 5.82 Å². The van der Waals surface area contributed by atoms with Crippen LogP contribution >= 0.6 is 0 Å². The maximum absolute atomic E-state index is 12.3. The van der Waals surface area contributed by atoms with E-state index >= 15 is 0 Å². The minimum atomic E-state index is -0.617. The average molecular weight is 316 g/mol. The highest BCUT2D eigenvalue weighted by molar-refractivity contribution is 5.94. The number of aryl methyl sites for hydroxylation is 2. The summed E-state index contributed by atoms with van der Waals surface area (Å²) in [7, 11) is 1.62. The third-order valence-corrected chi connectivity index (χ3v) is 3.54. The smallest absolute Gasteiger partial charge is 0.242 e. The van der Waals surface area contributed by atoms with Crippen LogP contribution in [-0.2, 0) is 17.8 Å². The molecule has 1 aromatic heterocycles. The van der Waals surface area contributed by atoms with Crippen LogP contribution in [0.5, 0.6) is 5.75 Å². The van der Waals surface area contributed by atoms with Crippen LogP contribution in [0.2, 0.25) is 0 Å². The number of hydrogen-bond donors (Lipinski definition) is 2. The number of nitrogens with two attached hydrogens (primary N) is 1. The molecule has 0 aliphatic carbocycles. The fraction of sp³-hybridized carbons (Fsp3) is 0.412. The molecule has 6 nitrogen and oxygen atoms in total. The summed E-state index contributed by atoms with van der Waals surface area (Å²) in [5.74, 6) is 1.27. The Labute approximate surface area is 136 Å². The van der Waals surface area contributed by atoms with E-state index in [1.54, 1.807) is 11.8 Å². The lowest BCUT2D eigenvalue weighted by atomic mass is 10.1. The van der Waals surface area contributed by atoms with Gasteiger partial charge in [-0.1, -0.05) is 19.1 Å². The molecule has 0 bridgehead atoms. The summed E-state index contributed by atoms with van der Waals surface area (Å²) in [4.78, 5) is 12.3. The van der Waals surface area contributed by atoms with E-state index in [9.17, 15) is 4.79 Å². The maximum atomic E-state index is 12.3. The molecule has 1 amide bonds. The highest BCUT2D eigenvalue weighted by atomic mass is 16.5. The van der Waals surface area contributed by atoms with E-state index in [1.165, 1.54) is 0 Å². The molecular formula is C17H24N4O2. The predicted molar refractivity (Wildman–Crippen MR) is 90.6 cm³/mol. The van der Waals surface area contributed by atoms with Gasteiger partial charge < -0.3 is 15.8 Å². The van der Waals surface area contributed by atoms with Gasteiger partial charge >= 0.3 is 0 Å². The van der Waals surface area contributed by atoms with Crippen LogP contribution < -0.4 is 15.8 Å². The number of nitrogens with zero attached hydrogens (tertiary/aromatic N) is 2. The molecule has 0 unspecified atom stereocenters. The van der Waals surface area contributed by atoms with Crippen molar-refractivity contribution in [3.05, 3.63) is 41.6 Å². The molecule has 6 heteroatoms. The minimum Gasteiger partial charge on any atom is -0.497 e. The predicted octanol–water partition coefficient (Wildman–Crippen LogP) is 2.12. The number of carbonyl (C=O) groups is 1. The number of methoxy groups -OCH3 is 1. The van der Waals surface area contributed by atoms with Crippen LogP contribution in [0.1, 0.15) is 24.6 Å². The number of carbonyl (C=O) groups excluding carboxylic acids is 1. The number of benzene rings is 1. The van der Waals surface area contributed by atoms with Crippen LogP contribution in [0.3, 0.4) is 0 Å². The van der Waals surface area contributed by atoms with Crippen LogP contribution in [-0.4, -0.2) is 28.8 Å². The number of ether oxygens (including phenoxy) is 1. The summed E-state index contributed by atoms with van der Waals surface area (Å²) < 4.78 is 6.92. The Balaban J connectivity index is 1.99. The number of aromatic nitrogens is 2. The van der Waals surface area contributed by atoms with E-state index < -0.39 is 6.04 Å². The molecule has 124 valence electrons. The third-order valence-electron chi connectivity index (χ3n) is 3.54. The van der Waals surface area contributed by atoms with Gasteiger partial charge in [-0.2, -0.15) is 5.10 Å². The first-order valence-corrected chi connectivity index (χ1v) is 7.77. The van der Waals surface area contributed by atoms with Crippen molar-refractivity contribution >= 4 is 11.7 Å². The molecule has 0 saturated carbocycles. The Hall–Kier alpha value is -2.34. The summed E-state index contributed by atoms with van der Waals surface area (Å²) in [5.41, 5.74) is 7.89. The molecule has 0 aliphatic rings. The fourth-order valence-electron chi connectivity index (χ4n) is 2.36. The molecule has 1 atom stereocenters. The first kappa shape index (κ1) is 17.0. The second-order valence-electron chi connectivity index (χ2n) is 5.54. The maximum Gasteiger partial charge on any atom is 0.242 e. The summed E-state index contributed by atoms with van der Waals surface area (Å²) in [6, 6.07) is 8.79. The number of anilines is 1. The van der Waals surface area contributed by atoms with E-state index in [4.69, 9.17) is 10.5 Å². The second kappa shape index (κ2) is 7.78. The third kappa shape index (κ3) is 4.56. The zero-order valence-electron chi connectivity index (χ0n) is 13.9. The molecule has 0 fully saturated rings. The quantitative estimate of drug-likeness (QED) is 0.819. The van der Waals surface area contributed by atoms with Gasteiger partial charge in [0.1, 0.15) is 11.6 Å². The summed E-state index contributed by atoms with van der Waals surface area (Å²) in [5, 5.41) is 7.23. The summed E-state index contributed by atoms with van der Waals surface area (Å²) in [6.07, 6.45) is 1.42. The average Bonchev–Trinajstić information content (AvgIpc) is 2.87. The largest absolute Gasteiger partial charge is 0.497 e. The lowest BCUT2D eigenvalue weighted by Gasteiger charge is -2.13. The van der Waals surface area contributed by atoms with Crippen molar-refractivity contribution in [3.8, 4) is 5.75 Å². The van der Waals surface area contributed by atoms with E-state index in [2.05, 4.69) is 17.3 Å². The Morgan fingerprint density at radius 1 is 1.39 bits per heavy atom. The van der Waals surface area contributed by atoms with Gasteiger partial charge in [-0.15, -0.1) is 0 Å². The highest BCUT2D eigenvalue weighted by Gasteiger charge is 2.16. The van der Waals surface area contributed by atoms with Crippen molar-refractivity contribution in [1.82, 2.24) is 9.78 Å². The van der Waals surface area contributed by atoms with Gasteiger partial charge in [0.25, 0.3) is 0 Å². The van der Waals surface area contributed by atoms with Crippen molar-refractivity contribution in [1.29, 1.82) is 0 Å². The zero-order chi connectivity index (χ0) is 16.8. The van der Waals surface area contributed by atoms with Crippen molar-refractivity contribution < 1.29 is 9.53 Å².